The normalized spacial score (nSPS) is 27.9. The molecule has 82 valence electrons. The zero-order valence-corrected chi connectivity index (χ0v) is 9.61. The summed E-state index contributed by atoms with van der Waals surface area (Å²) < 4.78 is 0. The summed E-state index contributed by atoms with van der Waals surface area (Å²) in [6, 6.07) is 12.0. The molecule has 0 aliphatic carbocycles. The van der Waals surface area contributed by atoms with Crippen molar-refractivity contribution < 1.29 is 0 Å². The average molecular weight is 204 g/mol. The number of hydrogen-bond donors (Lipinski definition) is 1. The molecule has 1 heterocycles. The van der Waals surface area contributed by atoms with Crippen LogP contribution in [0.5, 0.6) is 0 Å². The molecule has 2 atom stereocenters. The van der Waals surface area contributed by atoms with Crippen LogP contribution in [-0.4, -0.2) is 37.1 Å². The monoisotopic (exact) mass is 204 g/mol. The molecule has 1 aromatic carbocycles. The smallest absolute Gasteiger partial charge is 0.0258 e. The van der Waals surface area contributed by atoms with Crippen LogP contribution < -0.4 is 5.32 Å². The summed E-state index contributed by atoms with van der Waals surface area (Å²) in [5, 5.41) is 3.54. The van der Waals surface area contributed by atoms with Crippen LogP contribution in [0.2, 0.25) is 0 Å². The van der Waals surface area contributed by atoms with E-state index >= 15 is 0 Å². The summed E-state index contributed by atoms with van der Waals surface area (Å²) in [5.74, 6) is 0. The van der Waals surface area contributed by atoms with Crippen molar-refractivity contribution >= 4 is 0 Å². The lowest BCUT2D eigenvalue weighted by molar-refractivity contribution is 0.169. The summed E-state index contributed by atoms with van der Waals surface area (Å²) in [5.41, 5.74) is 1.44. The van der Waals surface area contributed by atoms with Gasteiger partial charge in [0.25, 0.3) is 0 Å². The molecule has 0 spiro atoms. The van der Waals surface area contributed by atoms with Crippen LogP contribution in [0.1, 0.15) is 12.5 Å². The Labute approximate surface area is 92.3 Å². The molecule has 2 rings (SSSR count). The molecule has 0 radical (unpaired) electrons. The van der Waals surface area contributed by atoms with E-state index in [0.717, 1.165) is 19.5 Å². The molecule has 1 aliphatic rings. The van der Waals surface area contributed by atoms with Crippen molar-refractivity contribution in [2.24, 2.45) is 0 Å². The predicted molar refractivity (Wildman–Crippen MR) is 64.0 cm³/mol. The van der Waals surface area contributed by atoms with Gasteiger partial charge in [-0.15, -0.1) is 0 Å². The molecule has 2 nitrogen and oxygen atoms in total. The van der Waals surface area contributed by atoms with Crippen LogP contribution in [0.4, 0.5) is 0 Å². The number of likely N-dealkylation sites (N-methyl/N-ethyl adjacent to an activating group) is 1. The minimum Gasteiger partial charge on any atom is -0.311 e. The Morgan fingerprint density at radius 3 is 2.73 bits per heavy atom. The van der Waals surface area contributed by atoms with Gasteiger partial charge in [0.2, 0.25) is 0 Å². The van der Waals surface area contributed by atoms with Gasteiger partial charge in [0, 0.05) is 25.2 Å². The van der Waals surface area contributed by atoms with Crippen LogP contribution in [-0.2, 0) is 6.42 Å². The van der Waals surface area contributed by atoms with Gasteiger partial charge < -0.3 is 10.2 Å². The zero-order valence-electron chi connectivity index (χ0n) is 9.61. The van der Waals surface area contributed by atoms with Crippen molar-refractivity contribution in [2.45, 2.75) is 25.4 Å². The number of nitrogens with zero attached hydrogens (tertiary/aromatic N) is 1. The average Bonchev–Trinajstić information content (AvgIpc) is 2.24. The summed E-state index contributed by atoms with van der Waals surface area (Å²) in [6.07, 6.45) is 1.15. The lowest BCUT2D eigenvalue weighted by Crippen LogP contribution is -2.54. The second-order valence-corrected chi connectivity index (χ2v) is 4.59. The van der Waals surface area contributed by atoms with Gasteiger partial charge in [-0.3, -0.25) is 0 Å². The van der Waals surface area contributed by atoms with Crippen molar-refractivity contribution in [3.63, 3.8) is 0 Å². The van der Waals surface area contributed by atoms with Crippen molar-refractivity contribution in [1.82, 2.24) is 10.2 Å². The van der Waals surface area contributed by atoms with Gasteiger partial charge in [0.05, 0.1) is 0 Å². The minimum atomic E-state index is 0.627. The maximum absolute atomic E-state index is 3.54. The summed E-state index contributed by atoms with van der Waals surface area (Å²) in [7, 11) is 2.23. The van der Waals surface area contributed by atoms with E-state index in [0.29, 0.717) is 12.1 Å². The van der Waals surface area contributed by atoms with Crippen LogP contribution in [0.25, 0.3) is 0 Å². The third kappa shape index (κ3) is 2.80. The first-order valence-corrected chi connectivity index (χ1v) is 5.73. The SMILES string of the molecule is C[C@H]1CN(C)C(Cc2ccccc2)CN1. The highest BCUT2D eigenvalue weighted by molar-refractivity contribution is 5.16. The van der Waals surface area contributed by atoms with Crippen LogP contribution in [0.15, 0.2) is 30.3 Å². The van der Waals surface area contributed by atoms with Gasteiger partial charge in [-0.05, 0) is 26.0 Å². The molecule has 0 amide bonds. The van der Waals surface area contributed by atoms with E-state index in [1.807, 2.05) is 0 Å². The predicted octanol–water partition coefficient (Wildman–Crippen LogP) is 1.52. The first-order valence-electron chi connectivity index (χ1n) is 5.73. The number of piperazine rings is 1. The summed E-state index contributed by atoms with van der Waals surface area (Å²) in [6.45, 7) is 4.50. The highest BCUT2D eigenvalue weighted by atomic mass is 15.2. The highest BCUT2D eigenvalue weighted by Crippen LogP contribution is 2.10. The van der Waals surface area contributed by atoms with Crippen LogP contribution in [0.3, 0.4) is 0 Å². The van der Waals surface area contributed by atoms with E-state index in [9.17, 15) is 0 Å². The molecule has 1 saturated heterocycles. The maximum atomic E-state index is 3.54. The van der Waals surface area contributed by atoms with E-state index in [-0.39, 0.29) is 0 Å². The van der Waals surface area contributed by atoms with Crippen molar-refractivity contribution in [3.05, 3.63) is 35.9 Å². The topological polar surface area (TPSA) is 15.3 Å². The number of nitrogens with one attached hydrogen (secondary N) is 1. The number of rotatable bonds is 2. The Hall–Kier alpha value is -0.860. The van der Waals surface area contributed by atoms with E-state index in [1.54, 1.807) is 0 Å². The van der Waals surface area contributed by atoms with Gasteiger partial charge in [-0.1, -0.05) is 30.3 Å². The molecule has 0 saturated carbocycles. The maximum Gasteiger partial charge on any atom is 0.0258 e. The fourth-order valence-electron chi connectivity index (χ4n) is 2.25. The van der Waals surface area contributed by atoms with Crippen LogP contribution in [0, 0.1) is 0 Å². The quantitative estimate of drug-likeness (QED) is 0.786. The molecular formula is C13H20N2. The lowest BCUT2D eigenvalue weighted by atomic mass is 10.0. The summed E-state index contributed by atoms with van der Waals surface area (Å²) >= 11 is 0. The molecule has 1 aromatic rings. The van der Waals surface area contributed by atoms with Crippen molar-refractivity contribution in [3.8, 4) is 0 Å². The number of hydrogen-bond acceptors (Lipinski definition) is 2. The molecule has 0 bridgehead atoms. The van der Waals surface area contributed by atoms with E-state index < -0.39 is 0 Å². The first-order chi connectivity index (χ1) is 7.25. The molecule has 0 aromatic heterocycles. The zero-order chi connectivity index (χ0) is 10.7. The standard InChI is InChI=1S/C13H20N2/c1-11-10-15(2)13(9-14-11)8-12-6-4-3-5-7-12/h3-7,11,13-14H,8-10H2,1-2H3/t11-,13?/m0/s1. The van der Waals surface area contributed by atoms with E-state index in [2.05, 4.69) is 54.5 Å². The third-order valence-electron chi connectivity index (χ3n) is 3.20. The lowest BCUT2D eigenvalue weighted by Gasteiger charge is -2.36. The molecular weight excluding hydrogens is 184 g/mol. The molecule has 1 aliphatic heterocycles. The Morgan fingerprint density at radius 1 is 1.33 bits per heavy atom. The molecule has 1 N–H and O–H groups in total. The van der Waals surface area contributed by atoms with Crippen LogP contribution >= 0.6 is 0 Å². The van der Waals surface area contributed by atoms with Gasteiger partial charge in [0.15, 0.2) is 0 Å². The second-order valence-electron chi connectivity index (χ2n) is 4.59. The van der Waals surface area contributed by atoms with E-state index in [1.165, 1.54) is 5.56 Å². The van der Waals surface area contributed by atoms with Gasteiger partial charge in [-0.2, -0.15) is 0 Å². The van der Waals surface area contributed by atoms with Gasteiger partial charge in [-0.25, -0.2) is 0 Å². The molecule has 2 heteroatoms. The second kappa shape index (κ2) is 4.77. The Balaban J connectivity index is 1.95. The molecule has 15 heavy (non-hydrogen) atoms. The number of benzene rings is 1. The minimum absolute atomic E-state index is 0.627. The molecule has 1 unspecified atom stereocenters. The van der Waals surface area contributed by atoms with Gasteiger partial charge >= 0.3 is 0 Å². The van der Waals surface area contributed by atoms with Crippen molar-refractivity contribution in [2.75, 3.05) is 20.1 Å². The Morgan fingerprint density at radius 2 is 2.07 bits per heavy atom. The highest BCUT2D eigenvalue weighted by Gasteiger charge is 2.22. The fraction of sp³-hybridized carbons (Fsp3) is 0.538. The third-order valence-corrected chi connectivity index (χ3v) is 3.20. The first kappa shape index (κ1) is 10.7. The Bertz CT molecular complexity index is 297. The largest absolute Gasteiger partial charge is 0.311 e. The summed E-state index contributed by atoms with van der Waals surface area (Å²) in [4.78, 5) is 2.47. The van der Waals surface area contributed by atoms with Gasteiger partial charge in [0.1, 0.15) is 0 Å². The Kier molecular flexibility index (Phi) is 3.39. The van der Waals surface area contributed by atoms with E-state index in [4.69, 9.17) is 0 Å². The molecule has 1 fully saturated rings. The fourth-order valence-corrected chi connectivity index (χ4v) is 2.25. The van der Waals surface area contributed by atoms with Crippen molar-refractivity contribution in [1.29, 1.82) is 0 Å².